The van der Waals surface area contributed by atoms with Gasteiger partial charge in [-0.2, -0.15) is 0 Å². The summed E-state index contributed by atoms with van der Waals surface area (Å²) in [5.74, 6) is 0.469. The number of hydrogen-bond acceptors (Lipinski definition) is 2. The molecule has 0 N–H and O–H groups in total. The van der Waals surface area contributed by atoms with Crippen LogP contribution in [-0.2, 0) is 19.0 Å². The first-order valence-corrected chi connectivity index (χ1v) is 6.84. The fourth-order valence-corrected chi connectivity index (χ4v) is 2.53. The van der Waals surface area contributed by atoms with Gasteiger partial charge in [-0.15, -0.1) is 4.20 Å². The zero-order valence-electron chi connectivity index (χ0n) is 10.3. The monoisotopic (exact) mass is 271 g/mol. The molecule has 0 bridgehead atoms. The molecule has 0 aromatic heterocycles. The second-order valence-corrected chi connectivity index (χ2v) is 5.54. The third-order valence-corrected chi connectivity index (χ3v) is 3.57. The van der Waals surface area contributed by atoms with Crippen LogP contribution in [0.15, 0.2) is 54.6 Å². The third-order valence-electron chi connectivity index (χ3n) is 3.13. The van der Waals surface area contributed by atoms with Crippen molar-refractivity contribution in [2.75, 3.05) is 0 Å². The van der Waals surface area contributed by atoms with E-state index in [-0.39, 0.29) is 0 Å². The summed E-state index contributed by atoms with van der Waals surface area (Å²) >= 11 is 10.3. The summed E-state index contributed by atoms with van der Waals surface area (Å²) in [6.45, 7) is 2.23. The Morgan fingerprint density at radius 2 is 1.67 bits per heavy atom. The van der Waals surface area contributed by atoms with Gasteiger partial charge in [-0.25, -0.2) is 0 Å². The summed E-state index contributed by atoms with van der Waals surface area (Å²) < 4.78 is 0.561. The van der Waals surface area contributed by atoms with Crippen molar-refractivity contribution >= 4 is 29.0 Å². The van der Waals surface area contributed by atoms with Gasteiger partial charge in [-0.3, -0.25) is 0 Å². The Labute approximate surface area is 119 Å². The molecule has 0 fully saturated rings. The van der Waals surface area contributed by atoms with Crippen molar-refractivity contribution in [1.29, 1.82) is 0 Å². The van der Waals surface area contributed by atoms with E-state index < -0.39 is 0 Å². The average molecular weight is 271 g/mol. The predicted molar refractivity (Wildman–Crippen MR) is 84.1 cm³/mol. The first-order valence-electron chi connectivity index (χ1n) is 6.02. The smallest absolute Gasteiger partial charge is 0.0150 e. The minimum absolute atomic E-state index is 0.469. The Balaban J connectivity index is 2.22. The van der Waals surface area contributed by atoms with E-state index in [1.165, 1.54) is 11.1 Å². The summed E-state index contributed by atoms with van der Waals surface area (Å²) in [4.78, 5) is 0. The molecule has 0 amide bonds. The lowest BCUT2D eigenvalue weighted by Gasteiger charge is -2.17. The van der Waals surface area contributed by atoms with E-state index in [1.807, 2.05) is 24.3 Å². The van der Waals surface area contributed by atoms with Crippen LogP contribution in [0.5, 0.6) is 0 Å². The summed E-state index contributed by atoms with van der Waals surface area (Å²) in [7, 11) is 0. The van der Waals surface area contributed by atoms with Crippen molar-refractivity contribution in [3.63, 3.8) is 0 Å². The van der Waals surface area contributed by atoms with E-state index in [1.54, 1.807) is 0 Å². The maximum Gasteiger partial charge on any atom is -0.0150 e. The molecule has 1 atom stereocenters. The summed E-state index contributed by atoms with van der Waals surface area (Å²) in [5, 5.41) is 0. The highest BCUT2D eigenvalue weighted by Gasteiger charge is 2.08. The molecule has 0 radical (unpaired) electrons. The molecule has 0 spiro atoms. The van der Waals surface area contributed by atoms with Crippen LogP contribution in [0.25, 0.3) is 0 Å². The van der Waals surface area contributed by atoms with Crippen LogP contribution in [0.3, 0.4) is 0 Å². The molecular weight excluding hydrogens is 256 g/mol. The Bertz CT molecular complexity index is 532. The number of rotatable bonds is 4. The van der Waals surface area contributed by atoms with Crippen LogP contribution >= 0.6 is 12.2 Å². The maximum absolute atomic E-state index is 5.13. The highest BCUT2D eigenvalue weighted by atomic mass is 32.1. The Hall–Kier alpha value is -1.25. The van der Waals surface area contributed by atoms with E-state index in [9.17, 15) is 0 Å². The van der Waals surface area contributed by atoms with Crippen molar-refractivity contribution in [3.05, 3.63) is 71.3 Å². The number of hydrogen-bond donors (Lipinski definition) is 0. The third kappa shape index (κ3) is 3.15. The van der Waals surface area contributed by atoms with Crippen molar-refractivity contribution < 1.29 is 0 Å². The SMILES string of the molecule is CC(Cc1ccccc1C(=S)[S-])c1ccccc1. The quantitative estimate of drug-likeness (QED) is 0.602. The lowest BCUT2D eigenvalue weighted by atomic mass is 9.92. The molecule has 2 aromatic carbocycles. The molecule has 18 heavy (non-hydrogen) atoms. The second kappa shape index (κ2) is 6.07. The number of benzene rings is 2. The number of thiocarbonyl (C=S) groups is 1. The van der Waals surface area contributed by atoms with E-state index in [0.717, 1.165) is 12.0 Å². The lowest BCUT2D eigenvalue weighted by Crippen LogP contribution is -2.04. The minimum atomic E-state index is 0.469. The van der Waals surface area contributed by atoms with Crippen molar-refractivity contribution in [2.24, 2.45) is 0 Å². The van der Waals surface area contributed by atoms with Gasteiger partial charge >= 0.3 is 0 Å². The highest BCUT2D eigenvalue weighted by Crippen LogP contribution is 2.22. The molecule has 0 aliphatic carbocycles. The highest BCUT2D eigenvalue weighted by molar-refractivity contribution is 8.01. The molecule has 2 rings (SSSR count). The fourth-order valence-electron chi connectivity index (χ4n) is 2.13. The van der Waals surface area contributed by atoms with Crippen LogP contribution in [0, 0.1) is 0 Å². The Kier molecular flexibility index (Phi) is 4.45. The second-order valence-electron chi connectivity index (χ2n) is 4.46. The van der Waals surface area contributed by atoms with E-state index >= 15 is 0 Å². The van der Waals surface area contributed by atoms with Gasteiger partial charge in [0.1, 0.15) is 0 Å². The van der Waals surface area contributed by atoms with Crippen LogP contribution in [0.2, 0.25) is 0 Å². The first kappa shape index (κ1) is 13.2. The molecule has 0 aliphatic rings. The molecule has 2 aromatic rings. The molecule has 1 unspecified atom stereocenters. The maximum atomic E-state index is 5.13. The first-order chi connectivity index (χ1) is 8.68. The largest absolute Gasteiger partial charge is 0.428 e. The molecule has 0 aliphatic heterocycles. The standard InChI is InChI=1S/C16H16S2/c1-12(13-7-3-2-4-8-13)11-14-9-5-6-10-15(14)16(17)18/h2-10,12H,11H2,1H3,(H,17,18)/p-1. The van der Waals surface area contributed by atoms with Gasteiger partial charge in [0, 0.05) is 0 Å². The van der Waals surface area contributed by atoms with Crippen LogP contribution < -0.4 is 0 Å². The lowest BCUT2D eigenvalue weighted by molar-refractivity contribution is 0.758. The van der Waals surface area contributed by atoms with Gasteiger partial charge in [0.05, 0.1) is 0 Å². The minimum Gasteiger partial charge on any atom is -0.428 e. The van der Waals surface area contributed by atoms with Gasteiger partial charge in [0.15, 0.2) is 0 Å². The van der Waals surface area contributed by atoms with E-state index in [4.69, 9.17) is 24.8 Å². The molecule has 0 nitrogen and oxygen atoms in total. The van der Waals surface area contributed by atoms with Crippen LogP contribution in [0.4, 0.5) is 0 Å². The van der Waals surface area contributed by atoms with Crippen LogP contribution in [-0.4, -0.2) is 4.20 Å². The van der Waals surface area contributed by atoms with Crippen molar-refractivity contribution in [3.8, 4) is 0 Å². The van der Waals surface area contributed by atoms with E-state index in [2.05, 4.69) is 37.3 Å². The van der Waals surface area contributed by atoms with Gasteiger partial charge in [0.25, 0.3) is 0 Å². The molecule has 0 heterocycles. The molecule has 0 saturated heterocycles. The zero-order valence-corrected chi connectivity index (χ0v) is 11.9. The normalized spacial score (nSPS) is 12.1. The molecule has 92 valence electrons. The Morgan fingerprint density at radius 3 is 2.33 bits per heavy atom. The van der Waals surface area contributed by atoms with Gasteiger partial charge in [0.2, 0.25) is 0 Å². The summed E-state index contributed by atoms with van der Waals surface area (Å²) in [6, 6.07) is 18.7. The topological polar surface area (TPSA) is 0 Å². The molecule has 0 saturated carbocycles. The Morgan fingerprint density at radius 1 is 1.06 bits per heavy atom. The summed E-state index contributed by atoms with van der Waals surface area (Å²) in [5.41, 5.74) is 3.63. The predicted octanol–water partition coefficient (Wildman–Crippen LogP) is 4.26. The molecular formula is C16H15S2-. The van der Waals surface area contributed by atoms with Crippen molar-refractivity contribution in [1.82, 2.24) is 0 Å². The van der Waals surface area contributed by atoms with Crippen LogP contribution in [0.1, 0.15) is 29.5 Å². The average Bonchev–Trinajstić information content (AvgIpc) is 2.40. The molecule has 2 heteroatoms. The van der Waals surface area contributed by atoms with Gasteiger partial charge in [-0.1, -0.05) is 61.5 Å². The van der Waals surface area contributed by atoms with Gasteiger partial charge in [-0.05, 0) is 29.0 Å². The van der Waals surface area contributed by atoms with Crippen molar-refractivity contribution in [2.45, 2.75) is 19.3 Å². The zero-order chi connectivity index (χ0) is 13.0. The fraction of sp³-hybridized carbons (Fsp3) is 0.188. The van der Waals surface area contributed by atoms with Gasteiger partial charge < -0.3 is 24.8 Å². The summed E-state index contributed by atoms with van der Waals surface area (Å²) in [6.07, 6.45) is 0.969. The van der Waals surface area contributed by atoms with E-state index in [0.29, 0.717) is 10.1 Å².